The molecular formula is C27H42F2O6. The first kappa shape index (κ1) is 29.6. The van der Waals surface area contributed by atoms with Crippen LogP contribution >= 0.6 is 0 Å². The lowest BCUT2D eigenvalue weighted by molar-refractivity contribution is -0.152. The summed E-state index contributed by atoms with van der Waals surface area (Å²) in [6.07, 6.45) is 10.4. The Morgan fingerprint density at radius 1 is 1.11 bits per heavy atom. The molecule has 2 fully saturated rings. The Kier molecular flexibility index (Phi) is 13.0. The number of Topliss-reactive ketones (excluding diaryl/α,β-unsaturated/α-hetero) is 2. The first-order chi connectivity index (χ1) is 16.7. The van der Waals surface area contributed by atoms with Crippen molar-refractivity contribution < 1.29 is 37.7 Å². The van der Waals surface area contributed by atoms with Gasteiger partial charge in [0.25, 0.3) is 0 Å². The number of alkyl halides is 2. The average Bonchev–Trinajstić information content (AvgIpc) is 3.17. The van der Waals surface area contributed by atoms with Crippen LogP contribution < -0.4 is 0 Å². The molecule has 0 aromatic rings. The molecule has 0 radical (unpaired) electrons. The zero-order valence-corrected chi connectivity index (χ0v) is 21.0. The van der Waals surface area contributed by atoms with Crippen molar-refractivity contribution in [1.82, 2.24) is 0 Å². The van der Waals surface area contributed by atoms with Gasteiger partial charge in [-0.15, -0.1) is 0 Å². The van der Waals surface area contributed by atoms with Crippen LogP contribution in [0, 0.1) is 5.92 Å². The third-order valence-corrected chi connectivity index (χ3v) is 6.99. The predicted octanol–water partition coefficient (Wildman–Crippen LogP) is 6.05. The normalized spacial score (nSPS) is 25.4. The molecule has 200 valence electrons. The Hall–Kier alpha value is -1.67. The summed E-state index contributed by atoms with van der Waals surface area (Å²) >= 11 is 0. The predicted molar refractivity (Wildman–Crippen MR) is 129 cm³/mol. The summed E-state index contributed by atoms with van der Waals surface area (Å²) in [6, 6.07) is 0. The van der Waals surface area contributed by atoms with Crippen LogP contribution in [0.4, 0.5) is 8.78 Å². The van der Waals surface area contributed by atoms with Crippen LogP contribution in [0.5, 0.6) is 0 Å². The van der Waals surface area contributed by atoms with Gasteiger partial charge in [0.2, 0.25) is 5.78 Å². The molecule has 0 bridgehead atoms. The van der Waals surface area contributed by atoms with Gasteiger partial charge in [-0.3, -0.25) is 14.4 Å². The highest BCUT2D eigenvalue weighted by Crippen LogP contribution is 2.33. The fourth-order valence-corrected chi connectivity index (χ4v) is 4.86. The van der Waals surface area contributed by atoms with E-state index in [-0.39, 0.29) is 43.2 Å². The van der Waals surface area contributed by atoms with Crippen LogP contribution in [0.25, 0.3) is 0 Å². The van der Waals surface area contributed by atoms with Gasteiger partial charge in [-0.05, 0) is 57.8 Å². The number of ketones is 2. The SMILES string of the molecule is CCCCC(F)(F)C(=O)CCC1OCCC[C@H]1O[C@@H]1CCC(=O)[C@@H]1C/C=C\CCCCCC(=O)O. The molecule has 2 aliphatic rings. The highest BCUT2D eigenvalue weighted by molar-refractivity contribution is 5.85. The molecule has 1 unspecified atom stereocenters. The summed E-state index contributed by atoms with van der Waals surface area (Å²) in [4.78, 5) is 35.1. The number of halogens is 2. The highest BCUT2D eigenvalue weighted by Gasteiger charge is 2.40. The molecule has 1 saturated heterocycles. The van der Waals surface area contributed by atoms with Crippen molar-refractivity contribution in [2.24, 2.45) is 5.92 Å². The van der Waals surface area contributed by atoms with Gasteiger partial charge in [0.1, 0.15) is 5.78 Å². The summed E-state index contributed by atoms with van der Waals surface area (Å²) in [5, 5.41) is 8.66. The number of carboxylic acid groups (broad SMARTS) is 1. The van der Waals surface area contributed by atoms with Gasteiger partial charge in [-0.2, -0.15) is 8.78 Å². The second-order valence-electron chi connectivity index (χ2n) is 9.85. The maximum absolute atomic E-state index is 14.1. The van der Waals surface area contributed by atoms with E-state index < -0.39 is 30.2 Å². The minimum atomic E-state index is -3.29. The smallest absolute Gasteiger partial charge is 0.305 e. The molecule has 6 nitrogen and oxygen atoms in total. The minimum absolute atomic E-state index is 0.181. The fourth-order valence-electron chi connectivity index (χ4n) is 4.86. The van der Waals surface area contributed by atoms with Crippen molar-refractivity contribution in [3.8, 4) is 0 Å². The Morgan fingerprint density at radius 2 is 1.91 bits per heavy atom. The maximum Gasteiger partial charge on any atom is 0.305 e. The van der Waals surface area contributed by atoms with Gasteiger partial charge < -0.3 is 14.6 Å². The molecule has 8 heteroatoms. The van der Waals surface area contributed by atoms with Gasteiger partial charge in [0.05, 0.1) is 18.3 Å². The molecule has 1 N–H and O–H groups in total. The van der Waals surface area contributed by atoms with Crippen molar-refractivity contribution in [3.63, 3.8) is 0 Å². The van der Waals surface area contributed by atoms with Gasteiger partial charge in [-0.25, -0.2) is 0 Å². The molecule has 1 aliphatic carbocycles. The number of rotatable bonds is 17. The second kappa shape index (κ2) is 15.4. The molecule has 0 aromatic carbocycles. The van der Waals surface area contributed by atoms with Crippen molar-refractivity contribution in [3.05, 3.63) is 12.2 Å². The summed E-state index contributed by atoms with van der Waals surface area (Å²) in [5.41, 5.74) is 0. The van der Waals surface area contributed by atoms with Crippen LogP contribution in [-0.2, 0) is 23.9 Å². The first-order valence-corrected chi connectivity index (χ1v) is 13.3. The number of allylic oxidation sites excluding steroid dienone is 2. The molecule has 1 aliphatic heterocycles. The van der Waals surface area contributed by atoms with E-state index in [9.17, 15) is 23.2 Å². The molecule has 0 spiro atoms. The third kappa shape index (κ3) is 10.5. The van der Waals surface area contributed by atoms with Crippen LogP contribution in [0.3, 0.4) is 0 Å². The van der Waals surface area contributed by atoms with E-state index >= 15 is 0 Å². The summed E-state index contributed by atoms with van der Waals surface area (Å²) in [7, 11) is 0. The van der Waals surface area contributed by atoms with E-state index in [2.05, 4.69) is 0 Å². The van der Waals surface area contributed by atoms with E-state index in [4.69, 9.17) is 14.6 Å². The van der Waals surface area contributed by atoms with Crippen molar-refractivity contribution in [2.45, 2.75) is 127 Å². The lowest BCUT2D eigenvalue weighted by Crippen LogP contribution is -2.41. The van der Waals surface area contributed by atoms with Crippen molar-refractivity contribution >= 4 is 17.5 Å². The van der Waals surface area contributed by atoms with Crippen LogP contribution in [0.15, 0.2) is 12.2 Å². The monoisotopic (exact) mass is 500 g/mol. The Labute approximate surface area is 207 Å². The number of unbranched alkanes of at least 4 members (excludes halogenated alkanes) is 4. The molecule has 0 aromatic heterocycles. The average molecular weight is 501 g/mol. The minimum Gasteiger partial charge on any atom is -0.481 e. The number of carbonyl (C=O) groups excluding carboxylic acids is 2. The third-order valence-electron chi connectivity index (χ3n) is 6.99. The highest BCUT2D eigenvalue weighted by atomic mass is 19.3. The van der Waals surface area contributed by atoms with E-state index in [0.717, 1.165) is 32.1 Å². The number of ether oxygens (including phenoxy) is 2. The first-order valence-electron chi connectivity index (χ1n) is 13.3. The van der Waals surface area contributed by atoms with Gasteiger partial charge >= 0.3 is 11.9 Å². The zero-order valence-electron chi connectivity index (χ0n) is 21.0. The zero-order chi connectivity index (χ0) is 25.7. The van der Waals surface area contributed by atoms with E-state index in [1.54, 1.807) is 0 Å². The topological polar surface area (TPSA) is 89.9 Å². The van der Waals surface area contributed by atoms with Gasteiger partial charge in [0, 0.05) is 38.2 Å². The maximum atomic E-state index is 14.1. The van der Waals surface area contributed by atoms with Gasteiger partial charge in [-0.1, -0.05) is 31.9 Å². The summed E-state index contributed by atoms with van der Waals surface area (Å²) in [5.74, 6) is -5.12. The Bertz CT molecular complexity index is 708. The summed E-state index contributed by atoms with van der Waals surface area (Å²) < 4.78 is 40.2. The van der Waals surface area contributed by atoms with Crippen LogP contribution in [0.2, 0.25) is 0 Å². The van der Waals surface area contributed by atoms with E-state index in [1.807, 2.05) is 19.1 Å². The largest absolute Gasteiger partial charge is 0.481 e. The lowest BCUT2D eigenvalue weighted by Gasteiger charge is -2.35. The molecule has 0 amide bonds. The molecule has 2 rings (SSSR count). The molecule has 4 atom stereocenters. The van der Waals surface area contributed by atoms with Crippen molar-refractivity contribution in [2.75, 3.05) is 6.61 Å². The standard InChI is InChI=1S/C27H42F2O6/c1-2-3-18-27(28,29)25(31)17-16-23-24(12-10-19-34-23)35-22-15-14-21(30)20(22)11-8-6-4-5-7-9-13-26(32)33/h6,8,20,22-24H,2-5,7,9-19H2,1H3,(H,32,33)/b8-6-/t20-,22+,23?,24+/m0/s1. The van der Waals surface area contributed by atoms with E-state index in [0.29, 0.717) is 45.1 Å². The number of carboxylic acids is 1. The molecule has 35 heavy (non-hydrogen) atoms. The number of hydrogen-bond donors (Lipinski definition) is 1. The molecule has 1 heterocycles. The van der Waals surface area contributed by atoms with Crippen LogP contribution in [0.1, 0.15) is 103 Å². The fraction of sp³-hybridized carbons (Fsp3) is 0.815. The van der Waals surface area contributed by atoms with Gasteiger partial charge in [0.15, 0.2) is 0 Å². The lowest BCUT2D eigenvalue weighted by atomic mass is 9.95. The Balaban J connectivity index is 1.81. The van der Waals surface area contributed by atoms with Crippen LogP contribution in [-0.4, -0.2) is 53.5 Å². The van der Waals surface area contributed by atoms with E-state index in [1.165, 1.54) is 0 Å². The quantitative estimate of drug-likeness (QED) is 0.193. The Morgan fingerprint density at radius 3 is 2.66 bits per heavy atom. The molecular weight excluding hydrogens is 458 g/mol. The number of hydrogen-bond acceptors (Lipinski definition) is 5. The summed E-state index contributed by atoms with van der Waals surface area (Å²) in [6.45, 7) is 2.34. The number of aliphatic carboxylic acids is 1. The molecule has 1 saturated carbocycles. The second-order valence-corrected chi connectivity index (χ2v) is 9.85. The van der Waals surface area contributed by atoms with Crippen molar-refractivity contribution in [1.29, 1.82) is 0 Å². The number of carbonyl (C=O) groups is 3.